The van der Waals surface area contributed by atoms with Gasteiger partial charge < -0.3 is 9.47 Å². The van der Waals surface area contributed by atoms with Crippen LogP contribution in [0.5, 0.6) is 5.75 Å². The molecule has 16 heavy (non-hydrogen) atoms. The van der Waals surface area contributed by atoms with Gasteiger partial charge in [-0.1, -0.05) is 18.2 Å². The fourth-order valence-corrected chi connectivity index (χ4v) is 1.52. The van der Waals surface area contributed by atoms with Gasteiger partial charge in [-0.25, -0.2) is 4.79 Å². The van der Waals surface area contributed by atoms with E-state index in [0.29, 0.717) is 11.3 Å². The molecule has 0 unspecified atom stereocenters. The summed E-state index contributed by atoms with van der Waals surface area (Å²) in [5, 5.41) is 0. The van der Waals surface area contributed by atoms with Crippen LogP contribution in [0.4, 0.5) is 0 Å². The zero-order valence-corrected chi connectivity index (χ0v) is 8.73. The molecule has 1 fully saturated rings. The summed E-state index contributed by atoms with van der Waals surface area (Å²) in [5.41, 5.74) is 1.11. The van der Waals surface area contributed by atoms with E-state index < -0.39 is 11.9 Å². The average Bonchev–Trinajstić information content (AvgIpc) is 2.58. The third-order valence-corrected chi connectivity index (χ3v) is 2.27. The number of cyclic esters (lactones) is 2. The Morgan fingerprint density at radius 1 is 1.31 bits per heavy atom. The summed E-state index contributed by atoms with van der Waals surface area (Å²) in [4.78, 5) is 22.1. The number of carbonyl (C=O) groups excluding carboxylic acids is 2. The van der Waals surface area contributed by atoms with E-state index in [4.69, 9.17) is 4.74 Å². The van der Waals surface area contributed by atoms with Crippen molar-refractivity contribution in [3.05, 3.63) is 35.4 Å². The summed E-state index contributed by atoms with van der Waals surface area (Å²) >= 11 is 0. The summed E-state index contributed by atoms with van der Waals surface area (Å²) < 4.78 is 9.57. The van der Waals surface area contributed by atoms with Crippen molar-refractivity contribution in [3.63, 3.8) is 0 Å². The Balaban J connectivity index is 2.36. The maximum Gasteiger partial charge on any atom is 0.342 e. The molecule has 0 spiro atoms. The number of esters is 2. The number of benzene rings is 1. The highest BCUT2D eigenvalue weighted by atomic mass is 16.6. The molecule has 1 aliphatic rings. The van der Waals surface area contributed by atoms with Crippen LogP contribution in [0.2, 0.25) is 0 Å². The zero-order chi connectivity index (χ0) is 11.5. The molecule has 0 aromatic heterocycles. The number of carbonyl (C=O) groups is 2. The Bertz CT molecular complexity index is 474. The molecular formula is C12H10O4. The standard InChI is InChI=1S/C12H10O4/c1-15-10-5-3-2-4-8(10)6-9-7-11(13)16-12(9)14/h2-6H,7H2,1H3/b9-6+. The number of para-hydroxylation sites is 1. The molecule has 0 N–H and O–H groups in total. The number of rotatable bonds is 2. The zero-order valence-electron chi connectivity index (χ0n) is 8.73. The maximum atomic E-state index is 11.2. The van der Waals surface area contributed by atoms with Gasteiger partial charge in [0.2, 0.25) is 0 Å². The highest BCUT2D eigenvalue weighted by Gasteiger charge is 2.26. The van der Waals surface area contributed by atoms with E-state index in [-0.39, 0.29) is 6.42 Å². The van der Waals surface area contributed by atoms with Crippen molar-refractivity contribution in [2.75, 3.05) is 7.11 Å². The molecule has 2 rings (SSSR count). The highest BCUT2D eigenvalue weighted by Crippen LogP contribution is 2.24. The fraction of sp³-hybridized carbons (Fsp3) is 0.167. The summed E-state index contributed by atoms with van der Waals surface area (Å²) in [6.45, 7) is 0. The summed E-state index contributed by atoms with van der Waals surface area (Å²) in [7, 11) is 1.55. The second-order valence-corrected chi connectivity index (χ2v) is 3.35. The topological polar surface area (TPSA) is 52.6 Å². The van der Waals surface area contributed by atoms with Gasteiger partial charge in [0.1, 0.15) is 5.75 Å². The lowest BCUT2D eigenvalue weighted by molar-refractivity contribution is -0.151. The first-order valence-electron chi connectivity index (χ1n) is 4.79. The number of ether oxygens (including phenoxy) is 2. The van der Waals surface area contributed by atoms with E-state index in [1.54, 1.807) is 19.3 Å². The monoisotopic (exact) mass is 218 g/mol. The minimum atomic E-state index is -0.573. The smallest absolute Gasteiger partial charge is 0.342 e. The number of methoxy groups -OCH3 is 1. The minimum Gasteiger partial charge on any atom is -0.496 e. The first kappa shape index (κ1) is 10.4. The van der Waals surface area contributed by atoms with Crippen LogP contribution in [-0.2, 0) is 14.3 Å². The molecule has 4 nitrogen and oxygen atoms in total. The van der Waals surface area contributed by atoms with Crippen molar-refractivity contribution in [1.29, 1.82) is 0 Å². The van der Waals surface area contributed by atoms with E-state index in [2.05, 4.69) is 4.74 Å². The lowest BCUT2D eigenvalue weighted by Gasteiger charge is -2.03. The minimum absolute atomic E-state index is 0.0247. The van der Waals surface area contributed by atoms with Crippen molar-refractivity contribution in [2.24, 2.45) is 0 Å². The van der Waals surface area contributed by atoms with E-state index in [1.165, 1.54) is 0 Å². The molecule has 1 aromatic rings. The second-order valence-electron chi connectivity index (χ2n) is 3.35. The predicted octanol–water partition coefficient (Wildman–Crippen LogP) is 1.55. The van der Waals surface area contributed by atoms with Crippen molar-refractivity contribution in [1.82, 2.24) is 0 Å². The van der Waals surface area contributed by atoms with Gasteiger partial charge in [0, 0.05) is 11.1 Å². The normalized spacial score (nSPS) is 17.7. The van der Waals surface area contributed by atoms with Crippen LogP contribution in [0.25, 0.3) is 6.08 Å². The largest absolute Gasteiger partial charge is 0.496 e. The lowest BCUT2D eigenvalue weighted by atomic mass is 10.1. The summed E-state index contributed by atoms with van der Waals surface area (Å²) in [5.74, 6) is -0.427. The number of hydrogen-bond donors (Lipinski definition) is 0. The van der Waals surface area contributed by atoms with Crippen LogP contribution < -0.4 is 4.74 Å². The molecule has 0 atom stereocenters. The molecule has 1 aromatic carbocycles. The lowest BCUT2D eigenvalue weighted by Crippen LogP contribution is -1.97. The van der Waals surface area contributed by atoms with E-state index in [1.807, 2.05) is 18.2 Å². The van der Waals surface area contributed by atoms with E-state index in [0.717, 1.165) is 5.56 Å². The summed E-state index contributed by atoms with van der Waals surface area (Å²) in [6, 6.07) is 7.26. The molecule has 1 aliphatic heterocycles. The summed E-state index contributed by atoms with van der Waals surface area (Å²) in [6.07, 6.45) is 1.64. The Hall–Kier alpha value is -2.10. The second kappa shape index (κ2) is 4.18. The predicted molar refractivity (Wildman–Crippen MR) is 56.7 cm³/mol. The first-order chi connectivity index (χ1) is 7.70. The van der Waals surface area contributed by atoms with Gasteiger partial charge in [-0.15, -0.1) is 0 Å². The van der Waals surface area contributed by atoms with Gasteiger partial charge in [-0.2, -0.15) is 0 Å². The van der Waals surface area contributed by atoms with Crippen molar-refractivity contribution < 1.29 is 19.1 Å². The van der Waals surface area contributed by atoms with Crippen LogP contribution in [-0.4, -0.2) is 19.0 Å². The fourth-order valence-electron chi connectivity index (χ4n) is 1.52. The molecular weight excluding hydrogens is 208 g/mol. The van der Waals surface area contributed by atoms with Crippen molar-refractivity contribution >= 4 is 18.0 Å². The van der Waals surface area contributed by atoms with Crippen molar-refractivity contribution in [2.45, 2.75) is 6.42 Å². The number of hydrogen-bond acceptors (Lipinski definition) is 4. The molecule has 0 saturated carbocycles. The van der Waals surface area contributed by atoms with E-state index in [9.17, 15) is 9.59 Å². The van der Waals surface area contributed by atoms with Crippen LogP contribution in [0, 0.1) is 0 Å². The average molecular weight is 218 g/mol. The van der Waals surface area contributed by atoms with Gasteiger partial charge in [-0.3, -0.25) is 4.79 Å². The van der Waals surface area contributed by atoms with Crippen molar-refractivity contribution in [3.8, 4) is 5.75 Å². The Morgan fingerprint density at radius 3 is 2.69 bits per heavy atom. The third kappa shape index (κ3) is 1.95. The first-order valence-corrected chi connectivity index (χ1v) is 4.79. The molecule has 82 valence electrons. The SMILES string of the molecule is COc1ccccc1/C=C1\CC(=O)OC1=O. The molecule has 4 heteroatoms. The van der Waals surface area contributed by atoms with Crippen LogP contribution in [0.3, 0.4) is 0 Å². The van der Waals surface area contributed by atoms with Crippen LogP contribution in [0.1, 0.15) is 12.0 Å². The molecule has 0 radical (unpaired) electrons. The van der Waals surface area contributed by atoms with Crippen LogP contribution >= 0.6 is 0 Å². The molecule has 1 heterocycles. The molecule has 0 amide bonds. The van der Waals surface area contributed by atoms with Gasteiger partial charge >= 0.3 is 11.9 Å². The van der Waals surface area contributed by atoms with Crippen LogP contribution in [0.15, 0.2) is 29.8 Å². The third-order valence-electron chi connectivity index (χ3n) is 2.27. The molecule has 1 saturated heterocycles. The Morgan fingerprint density at radius 2 is 2.06 bits per heavy atom. The van der Waals surface area contributed by atoms with Gasteiger partial charge in [-0.05, 0) is 12.1 Å². The molecule has 0 aliphatic carbocycles. The molecule has 0 bridgehead atoms. The van der Waals surface area contributed by atoms with Gasteiger partial charge in [0.25, 0.3) is 0 Å². The quantitative estimate of drug-likeness (QED) is 0.429. The highest BCUT2D eigenvalue weighted by molar-refractivity contribution is 6.08. The Kier molecular flexibility index (Phi) is 2.72. The maximum absolute atomic E-state index is 11.2. The van der Waals surface area contributed by atoms with E-state index >= 15 is 0 Å². The van der Waals surface area contributed by atoms with Gasteiger partial charge in [0.15, 0.2) is 0 Å². The Labute approximate surface area is 92.5 Å². The van der Waals surface area contributed by atoms with Gasteiger partial charge in [0.05, 0.1) is 13.5 Å².